The van der Waals surface area contributed by atoms with Crippen LogP contribution in [-0.2, 0) is 0 Å². The fourth-order valence-corrected chi connectivity index (χ4v) is 5.80. The van der Waals surface area contributed by atoms with E-state index in [9.17, 15) is 0 Å². The zero-order valence-electron chi connectivity index (χ0n) is 20.5. The first-order valence-electron chi connectivity index (χ1n) is 11.9. The van der Waals surface area contributed by atoms with Gasteiger partial charge in [-0.2, -0.15) is 0 Å². The molecule has 1 aliphatic heterocycles. The molecule has 0 fully saturated rings. The number of anilines is 3. The first-order chi connectivity index (χ1) is 17.0. The zero-order valence-corrected chi connectivity index (χ0v) is 21.3. The lowest BCUT2D eigenvalue weighted by molar-refractivity contribution is 1.03. The fraction of sp³-hybridized carbons (Fsp3) is 0.125. The van der Waals surface area contributed by atoms with Crippen LogP contribution < -0.4 is 10.6 Å². The average Bonchev–Trinajstić information content (AvgIpc) is 3.15. The SMILES string of the molecule is C=C(C)/C(C)=C(\C)c1c(N)cccc1-c1ccc2c(c1)Sc1ccccc1N2C1=CC=CC=CC1. The van der Waals surface area contributed by atoms with E-state index in [-0.39, 0.29) is 0 Å². The maximum absolute atomic E-state index is 6.54. The van der Waals surface area contributed by atoms with E-state index < -0.39 is 0 Å². The number of rotatable bonds is 4. The molecule has 0 aromatic heterocycles. The van der Waals surface area contributed by atoms with Crippen molar-refractivity contribution >= 4 is 34.4 Å². The molecule has 0 radical (unpaired) electrons. The smallest absolute Gasteiger partial charge is 0.0598 e. The van der Waals surface area contributed by atoms with Crippen molar-refractivity contribution in [1.82, 2.24) is 0 Å². The predicted octanol–water partition coefficient (Wildman–Crippen LogP) is 9.31. The lowest BCUT2D eigenvalue weighted by Crippen LogP contribution is -2.19. The lowest BCUT2D eigenvalue weighted by atomic mass is 9.90. The molecule has 174 valence electrons. The molecule has 0 unspecified atom stereocenters. The minimum atomic E-state index is 0.792. The van der Waals surface area contributed by atoms with Gasteiger partial charge in [-0.25, -0.2) is 0 Å². The summed E-state index contributed by atoms with van der Waals surface area (Å²) in [4.78, 5) is 4.91. The van der Waals surface area contributed by atoms with Crippen LogP contribution in [0, 0.1) is 0 Å². The molecule has 0 amide bonds. The summed E-state index contributed by atoms with van der Waals surface area (Å²) in [6.45, 7) is 10.5. The number of hydrogen-bond donors (Lipinski definition) is 1. The second-order valence-corrected chi connectivity index (χ2v) is 10.1. The lowest BCUT2D eigenvalue weighted by Gasteiger charge is -2.34. The van der Waals surface area contributed by atoms with Gasteiger partial charge in [-0.05, 0) is 79.5 Å². The van der Waals surface area contributed by atoms with Crippen LogP contribution >= 0.6 is 11.8 Å². The van der Waals surface area contributed by atoms with Gasteiger partial charge in [0, 0.05) is 33.2 Å². The molecule has 5 rings (SSSR count). The summed E-state index contributed by atoms with van der Waals surface area (Å²) in [5, 5.41) is 0. The zero-order chi connectivity index (χ0) is 24.5. The van der Waals surface area contributed by atoms with E-state index in [1.165, 1.54) is 43.6 Å². The predicted molar refractivity (Wildman–Crippen MR) is 153 cm³/mol. The van der Waals surface area contributed by atoms with Crippen molar-refractivity contribution in [3.63, 3.8) is 0 Å². The molecular weight excluding hydrogens is 444 g/mol. The Labute approximate surface area is 212 Å². The first-order valence-corrected chi connectivity index (χ1v) is 12.7. The van der Waals surface area contributed by atoms with Crippen LogP contribution in [0.3, 0.4) is 0 Å². The van der Waals surface area contributed by atoms with Gasteiger partial charge < -0.3 is 10.6 Å². The van der Waals surface area contributed by atoms with Crippen LogP contribution in [0.4, 0.5) is 17.1 Å². The van der Waals surface area contributed by atoms with Crippen LogP contribution in [0.2, 0.25) is 0 Å². The summed E-state index contributed by atoms with van der Waals surface area (Å²) < 4.78 is 0. The molecule has 3 heteroatoms. The standard InChI is InChI=1S/C32H30N2S/c1-21(2)22(3)23(4)32-26(14-11-15-27(32)33)24-18-19-29-31(20-24)35-30-17-10-9-16-28(30)34(29)25-12-7-5-6-8-13-25/h5-12,14-20H,1,13,33H2,2-4H3/b23-22+. The third-order valence-corrected chi connectivity index (χ3v) is 7.89. The van der Waals surface area contributed by atoms with Crippen molar-refractivity contribution in [2.24, 2.45) is 0 Å². The van der Waals surface area contributed by atoms with Crippen LogP contribution in [0.25, 0.3) is 16.7 Å². The molecule has 0 bridgehead atoms. The van der Waals surface area contributed by atoms with Crippen LogP contribution in [-0.4, -0.2) is 0 Å². The van der Waals surface area contributed by atoms with Gasteiger partial charge in [0.1, 0.15) is 0 Å². The van der Waals surface area contributed by atoms with E-state index in [1.807, 2.05) is 30.8 Å². The molecule has 35 heavy (non-hydrogen) atoms. The minimum absolute atomic E-state index is 0.792. The second kappa shape index (κ2) is 9.52. The number of nitrogens with two attached hydrogens (primary N) is 1. The summed E-state index contributed by atoms with van der Waals surface area (Å²) in [6.07, 6.45) is 11.6. The summed E-state index contributed by atoms with van der Waals surface area (Å²) in [7, 11) is 0. The first kappa shape index (κ1) is 23.1. The fourth-order valence-electron chi connectivity index (χ4n) is 4.70. The molecule has 3 aromatic rings. The van der Waals surface area contributed by atoms with E-state index in [4.69, 9.17) is 5.73 Å². The quantitative estimate of drug-likeness (QED) is 0.302. The Morgan fingerprint density at radius 1 is 0.886 bits per heavy atom. The maximum atomic E-state index is 6.54. The third kappa shape index (κ3) is 4.28. The Kier molecular flexibility index (Phi) is 6.27. The second-order valence-electron chi connectivity index (χ2n) is 9.06. The number of nitrogens with zero attached hydrogens (tertiary/aromatic N) is 1. The molecule has 0 saturated carbocycles. The summed E-state index contributed by atoms with van der Waals surface area (Å²) in [6, 6.07) is 21.6. The molecule has 3 aromatic carbocycles. The largest absolute Gasteiger partial charge is 0.398 e. The summed E-state index contributed by atoms with van der Waals surface area (Å²) >= 11 is 1.83. The highest BCUT2D eigenvalue weighted by Crippen LogP contribution is 2.51. The number of allylic oxidation sites excluding steroid dienone is 8. The molecule has 1 heterocycles. The Morgan fingerprint density at radius 2 is 1.69 bits per heavy atom. The van der Waals surface area contributed by atoms with E-state index in [2.05, 4.69) is 104 Å². The topological polar surface area (TPSA) is 29.3 Å². The molecule has 1 aliphatic carbocycles. The van der Waals surface area contributed by atoms with E-state index in [1.54, 1.807) is 0 Å². The highest BCUT2D eigenvalue weighted by atomic mass is 32.2. The van der Waals surface area contributed by atoms with Crippen molar-refractivity contribution in [3.8, 4) is 11.1 Å². The van der Waals surface area contributed by atoms with Gasteiger partial charge in [0.25, 0.3) is 0 Å². The normalized spacial score (nSPS) is 15.1. The molecule has 0 atom stereocenters. The summed E-state index contributed by atoms with van der Waals surface area (Å²) in [5.41, 5.74) is 17.8. The molecule has 0 saturated heterocycles. The van der Waals surface area contributed by atoms with E-state index in [0.717, 1.165) is 28.8 Å². The molecule has 2 aliphatic rings. The third-order valence-electron chi connectivity index (χ3n) is 6.77. The minimum Gasteiger partial charge on any atom is -0.398 e. The molecular formula is C32H30N2S. The highest BCUT2D eigenvalue weighted by Gasteiger charge is 2.26. The average molecular weight is 475 g/mol. The van der Waals surface area contributed by atoms with Crippen molar-refractivity contribution in [2.45, 2.75) is 37.0 Å². The Hall–Kier alpha value is -3.69. The molecule has 2 nitrogen and oxygen atoms in total. The number of benzene rings is 3. The van der Waals surface area contributed by atoms with Gasteiger partial charge in [0.2, 0.25) is 0 Å². The van der Waals surface area contributed by atoms with Gasteiger partial charge in [0.05, 0.1) is 11.4 Å². The van der Waals surface area contributed by atoms with E-state index >= 15 is 0 Å². The van der Waals surface area contributed by atoms with Crippen molar-refractivity contribution in [2.75, 3.05) is 10.6 Å². The number of hydrogen-bond acceptors (Lipinski definition) is 3. The monoisotopic (exact) mass is 474 g/mol. The summed E-state index contributed by atoms with van der Waals surface area (Å²) in [5.74, 6) is 0. The Balaban J connectivity index is 1.67. The van der Waals surface area contributed by atoms with Gasteiger partial charge in [-0.1, -0.05) is 78.5 Å². The number of nitrogen functional groups attached to an aromatic ring is 1. The highest BCUT2D eigenvalue weighted by molar-refractivity contribution is 7.99. The Morgan fingerprint density at radius 3 is 2.51 bits per heavy atom. The molecule has 0 spiro atoms. The number of para-hydroxylation sites is 1. The Bertz CT molecular complexity index is 1450. The van der Waals surface area contributed by atoms with Crippen molar-refractivity contribution < 1.29 is 0 Å². The van der Waals surface area contributed by atoms with Gasteiger partial charge >= 0.3 is 0 Å². The maximum Gasteiger partial charge on any atom is 0.0598 e. The van der Waals surface area contributed by atoms with Crippen LogP contribution in [0.1, 0.15) is 32.8 Å². The van der Waals surface area contributed by atoms with Crippen molar-refractivity contribution in [1.29, 1.82) is 0 Å². The van der Waals surface area contributed by atoms with Crippen LogP contribution in [0.5, 0.6) is 0 Å². The number of fused-ring (bicyclic) bond motifs is 2. The van der Waals surface area contributed by atoms with E-state index in [0.29, 0.717) is 0 Å². The van der Waals surface area contributed by atoms with Crippen LogP contribution in [0.15, 0.2) is 124 Å². The van der Waals surface area contributed by atoms with Gasteiger partial charge in [0.15, 0.2) is 0 Å². The molecule has 2 N–H and O–H groups in total. The van der Waals surface area contributed by atoms with Gasteiger partial charge in [-0.3, -0.25) is 0 Å². The van der Waals surface area contributed by atoms with Crippen molar-refractivity contribution in [3.05, 3.63) is 120 Å². The van der Waals surface area contributed by atoms with Gasteiger partial charge in [-0.15, -0.1) is 0 Å².